The summed E-state index contributed by atoms with van der Waals surface area (Å²) in [6.07, 6.45) is 5.24. The summed E-state index contributed by atoms with van der Waals surface area (Å²) in [6, 6.07) is 1.78. The van der Waals surface area contributed by atoms with Crippen LogP contribution in [0.1, 0.15) is 32.1 Å². The maximum atomic E-state index is 12.3. The predicted molar refractivity (Wildman–Crippen MR) is 94.0 cm³/mol. The van der Waals surface area contributed by atoms with Crippen LogP contribution >= 0.6 is 11.6 Å². The molecule has 1 aromatic heterocycles. The number of carbonyl (C=O) groups is 1. The molecule has 1 aromatic rings. The van der Waals surface area contributed by atoms with Gasteiger partial charge in [-0.2, -0.15) is 4.98 Å². The zero-order chi connectivity index (χ0) is 16.9. The first kappa shape index (κ1) is 17.3. The fourth-order valence-electron chi connectivity index (χ4n) is 3.36. The Kier molecular flexibility index (Phi) is 5.79. The molecule has 1 aliphatic carbocycles. The molecule has 0 atom stereocenters. The van der Waals surface area contributed by atoms with Crippen LogP contribution in [0.3, 0.4) is 0 Å². The molecule has 132 valence electrons. The normalized spacial score (nSPS) is 18.7. The van der Waals surface area contributed by atoms with Crippen molar-refractivity contribution in [1.29, 1.82) is 0 Å². The molecule has 24 heavy (non-hydrogen) atoms. The number of hydrogen-bond donors (Lipinski definition) is 1. The van der Waals surface area contributed by atoms with Gasteiger partial charge in [0.25, 0.3) is 0 Å². The van der Waals surface area contributed by atoms with Crippen molar-refractivity contribution in [3.63, 3.8) is 0 Å². The number of nitrogens with one attached hydrogen (secondary N) is 1. The van der Waals surface area contributed by atoms with E-state index in [1.54, 1.807) is 6.07 Å². The lowest BCUT2D eigenvalue weighted by Crippen LogP contribution is -2.36. The van der Waals surface area contributed by atoms with Gasteiger partial charge in [-0.25, -0.2) is 0 Å². The number of morpholine rings is 1. The van der Waals surface area contributed by atoms with Crippen LogP contribution in [0.4, 0.5) is 11.5 Å². The third kappa shape index (κ3) is 4.11. The van der Waals surface area contributed by atoms with Crippen molar-refractivity contribution < 1.29 is 14.3 Å². The monoisotopic (exact) mass is 353 g/mol. The number of amides is 1. The molecule has 3 rings (SSSR count). The van der Waals surface area contributed by atoms with Crippen LogP contribution in [0.2, 0.25) is 5.02 Å². The van der Waals surface area contributed by atoms with E-state index in [0.29, 0.717) is 42.1 Å². The quantitative estimate of drug-likeness (QED) is 0.881. The molecule has 2 heterocycles. The molecule has 0 aromatic carbocycles. The predicted octanol–water partition coefficient (Wildman–Crippen LogP) is 3.10. The van der Waals surface area contributed by atoms with E-state index in [-0.39, 0.29) is 5.91 Å². The van der Waals surface area contributed by atoms with Crippen molar-refractivity contribution in [1.82, 2.24) is 4.98 Å². The van der Waals surface area contributed by atoms with Crippen molar-refractivity contribution in [2.24, 2.45) is 5.92 Å². The zero-order valence-electron chi connectivity index (χ0n) is 14.0. The number of pyridine rings is 1. The Morgan fingerprint density at radius 1 is 1.42 bits per heavy atom. The van der Waals surface area contributed by atoms with E-state index in [1.807, 2.05) is 0 Å². The van der Waals surface area contributed by atoms with Gasteiger partial charge in [-0.05, 0) is 18.8 Å². The van der Waals surface area contributed by atoms with E-state index in [9.17, 15) is 4.79 Å². The Hall–Kier alpha value is -1.53. The molecule has 2 aliphatic rings. The summed E-state index contributed by atoms with van der Waals surface area (Å²) < 4.78 is 10.7. The van der Waals surface area contributed by atoms with Crippen LogP contribution in [-0.2, 0) is 9.53 Å². The number of hydrogen-bond acceptors (Lipinski definition) is 5. The Morgan fingerprint density at radius 3 is 2.79 bits per heavy atom. The lowest BCUT2D eigenvalue weighted by Gasteiger charge is -2.28. The smallest absolute Gasteiger partial charge is 0.241 e. The maximum absolute atomic E-state index is 12.3. The first-order valence-electron chi connectivity index (χ1n) is 8.54. The van der Waals surface area contributed by atoms with Crippen LogP contribution in [0.25, 0.3) is 0 Å². The lowest BCUT2D eigenvalue weighted by atomic mass is 10.0. The average Bonchev–Trinajstić information content (AvgIpc) is 3.10. The number of methoxy groups -OCH3 is 1. The van der Waals surface area contributed by atoms with E-state index < -0.39 is 0 Å². The molecule has 6 nitrogen and oxygen atoms in total. The second-order valence-corrected chi connectivity index (χ2v) is 6.76. The van der Waals surface area contributed by atoms with Gasteiger partial charge in [-0.15, -0.1) is 0 Å². The zero-order valence-corrected chi connectivity index (χ0v) is 14.8. The average molecular weight is 354 g/mol. The molecular weight excluding hydrogens is 330 g/mol. The van der Waals surface area contributed by atoms with Gasteiger partial charge in [0.2, 0.25) is 11.8 Å². The standard InChI is InChI=1S/C17H24ClN3O3/c1-23-17-16(20-15(22)10-12-4-2-3-5-12)13(18)11-14(19-17)21-6-8-24-9-7-21/h11-12H,2-10H2,1H3,(H,20,22). The second kappa shape index (κ2) is 8.03. The number of anilines is 2. The second-order valence-electron chi connectivity index (χ2n) is 6.35. The van der Waals surface area contributed by atoms with Crippen LogP contribution < -0.4 is 15.0 Å². The lowest BCUT2D eigenvalue weighted by molar-refractivity contribution is -0.117. The number of aromatic nitrogens is 1. The fourth-order valence-corrected chi connectivity index (χ4v) is 3.59. The number of ether oxygens (including phenoxy) is 2. The topological polar surface area (TPSA) is 63.7 Å². The largest absolute Gasteiger partial charge is 0.479 e. The Morgan fingerprint density at radius 2 is 2.12 bits per heavy atom. The van der Waals surface area contributed by atoms with Gasteiger partial charge in [-0.1, -0.05) is 24.4 Å². The molecule has 0 spiro atoms. The van der Waals surface area contributed by atoms with Crippen molar-refractivity contribution >= 4 is 29.0 Å². The van der Waals surface area contributed by atoms with Crippen LogP contribution in [0, 0.1) is 5.92 Å². The highest BCUT2D eigenvalue weighted by atomic mass is 35.5. The molecule has 1 amide bonds. The number of rotatable bonds is 5. The summed E-state index contributed by atoms with van der Waals surface area (Å²) in [6.45, 7) is 2.86. The highest BCUT2D eigenvalue weighted by Crippen LogP contribution is 2.35. The molecule has 0 radical (unpaired) electrons. The van der Waals surface area contributed by atoms with Gasteiger partial charge >= 0.3 is 0 Å². The van der Waals surface area contributed by atoms with Gasteiger partial charge < -0.3 is 19.7 Å². The Bertz CT molecular complexity index is 585. The molecule has 0 bridgehead atoms. The highest BCUT2D eigenvalue weighted by Gasteiger charge is 2.22. The van der Waals surface area contributed by atoms with Crippen molar-refractivity contribution in [3.8, 4) is 5.88 Å². The van der Waals surface area contributed by atoms with Crippen LogP contribution in [0.5, 0.6) is 5.88 Å². The number of nitrogens with zero attached hydrogens (tertiary/aromatic N) is 2. The summed E-state index contributed by atoms with van der Waals surface area (Å²) in [7, 11) is 1.54. The molecule has 1 saturated carbocycles. The molecule has 1 aliphatic heterocycles. The van der Waals surface area contributed by atoms with Crippen molar-refractivity contribution in [2.75, 3.05) is 43.6 Å². The van der Waals surface area contributed by atoms with E-state index in [2.05, 4.69) is 15.2 Å². The van der Waals surface area contributed by atoms with E-state index in [1.165, 1.54) is 20.0 Å². The summed E-state index contributed by atoms with van der Waals surface area (Å²) in [4.78, 5) is 18.9. The number of halogens is 1. The van der Waals surface area contributed by atoms with Gasteiger partial charge in [0.05, 0.1) is 25.3 Å². The Labute approximate surface area is 147 Å². The first-order chi connectivity index (χ1) is 11.7. The molecule has 0 unspecified atom stereocenters. The highest BCUT2D eigenvalue weighted by molar-refractivity contribution is 6.34. The summed E-state index contributed by atoms with van der Waals surface area (Å²) in [5.41, 5.74) is 0.458. The third-order valence-electron chi connectivity index (χ3n) is 4.67. The van der Waals surface area contributed by atoms with Gasteiger partial charge in [0.1, 0.15) is 11.5 Å². The molecule has 1 saturated heterocycles. The van der Waals surface area contributed by atoms with Gasteiger partial charge in [0.15, 0.2) is 0 Å². The van der Waals surface area contributed by atoms with E-state index in [4.69, 9.17) is 21.1 Å². The van der Waals surface area contributed by atoms with Crippen LogP contribution in [0.15, 0.2) is 6.07 Å². The van der Waals surface area contributed by atoms with Crippen molar-refractivity contribution in [2.45, 2.75) is 32.1 Å². The minimum Gasteiger partial charge on any atom is -0.479 e. The molecule has 1 N–H and O–H groups in total. The third-order valence-corrected chi connectivity index (χ3v) is 4.96. The maximum Gasteiger partial charge on any atom is 0.241 e. The summed E-state index contributed by atoms with van der Waals surface area (Å²) in [5.74, 6) is 1.55. The van der Waals surface area contributed by atoms with Crippen LogP contribution in [-0.4, -0.2) is 44.3 Å². The van der Waals surface area contributed by atoms with Gasteiger partial charge in [-0.3, -0.25) is 4.79 Å². The minimum absolute atomic E-state index is 0.0250. The summed E-state index contributed by atoms with van der Waals surface area (Å²) in [5, 5.41) is 3.33. The summed E-state index contributed by atoms with van der Waals surface area (Å²) >= 11 is 6.40. The van der Waals surface area contributed by atoms with E-state index in [0.717, 1.165) is 31.7 Å². The molecule has 2 fully saturated rings. The fraction of sp³-hybridized carbons (Fsp3) is 0.647. The Balaban J connectivity index is 1.73. The van der Waals surface area contributed by atoms with Crippen molar-refractivity contribution in [3.05, 3.63) is 11.1 Å². The first-order valence-corrected chi connectivity index (χ1v) is 8.92. The number of carbonyl (C=O) groups excluding carboxylic acids is 1. The van der Waals surface area contributed by atoms with Gasteiger partial charge in [0, 0.05) is 25.6 Å². The minimum atomic E-state index is -0.0250. The molecule has 7 heteroatoms. The van der Waals surface area contributed by atoms with E-state index >= 15 is 0 Å². The SMILES string of the molecule is COc1nc(N2CCOCC2)cc(Cl)c1NC(=O)CC1CCCC1. The molecular formula is C17H24ClN3O3.